The van der Waals surface area contributed by atoms with Crippen LogP contribution in [0.2, 0.25) is 0 Å². The van der Waals surface area contributed by atoms with Gasteiger partial charge >= 0.3 is 6.21 Å². The topological polar surface area (TPSA) is 70.5 Å². The van der Waals surface area contributed by atoms with E-state index < -0.39 is 10.8 Å². The van der Waals surface area contributed by atoms with E-state index in [1.807, 2.05) is 6.92 Å². The molecule has 1 saturated carbocycles. The molecular formula is C13H18N2O2. The first-order valence-corrected chi connectivity index (χ1v) is 5.67. The lowest BCUT2D eigenvalue weighted by atomic mass is 9.56. The summed E-state index contributed by atoms with van der Waals surface area (Å²) in [6, 6.07) is 0. The van der Waals surface area contributed by atoms with Crippen molar-refractivity contribution >= 4 is 17.8 Å². The molecule has 4 heteroatoms. The Morgan fingerprint density at radius 2 is 2.12 bits per heavy atom. The van der Waals surface area contributed by atoms with Crippen molar-refractivity contribution in [2.45, 2.75) is 40.0 Å². The summed E-state index contributed by atoms with van der Waals surface area (Å²) in [5.74, 6) is -0.139. The molecule has 1 rings (SSSR count). The molecule has 0 heterocycles. The Labute approximate surface area is 101 Å². The summed E-state index contributed by atoms with van der Waals surface area (Å²) in [5, 5.41) is 0. The maximum Gasteiger partial charge on any atom is 0.323 e. The van der Waals surface area contributed by atoms with Crippen LogP contribution in [0.4, 0.5) is 0 Å². The average Bonchev–Trinajstić information content (AvgIpc) is 2.24. The van der Waals surface area contributed by atoms with Crippen LogP contribution in [0.3, 0.4) is 0 Å². The van der Waals surface area contributed by atoms with Crippen molar-refractivity contribution in [3.63, 3.8) is 0 Å². The highest BCUT2D eigenvalue weighted by atomic mass is 16.1. The van der Waals surface area contributed by atoms with E-state index in [0.29, 0.717) is 19.3 Å². The molecule has 1 fully saturated rings. The van der Waals surface area contributed by atoms with Crippen LogP contribution >= 0.6 is 0 Å². The molecule has 0 bridgehead atoms. The fourth-order valence-corrected chi connectivity index (χ4v) is 2.32. The lowest BCUT2D eigenvalue weighted by Crippen LogP contribution is -2.46. The number of hydrogen-bond acceptors (Lipinski definition) is 2. The van der Waals surface area contributed by atoms with Crippen molar-refractivity contribution in [2.24, 2.45) is 10.8 Å². The molecular weight excluding hydrogens is 216 g/mol. The zero-order chi connectivity index (χ0) is 13.3. The quantitative estimate of drug-likeness (QED) is 0.325. The normalized spacial score (nSPS) is 25.4. The number of allylic oxidation sites excluding steroid dienone is 1. The van der Waals surface area contributed by atoms with Gasteiger partial charge in [-0.1, -0.05) is 32.9 Å². The maximum absolute atomic E-state index is 12.0. The molecule has 17 heavy (non-hydrogen) atoms. The van der Waals surface area contributed by atoms with Gasteiger partial charge in [0.15, 0.2) is 0 Å². The fourth-order valence-electron chi connectivity index (χ4n) is 2.32. The van der Waals surface area contributed by atoms with Gasteiger partial charge in [0.25, 0.3) is 0 Å². The molecule has 0 saturated heterocycles. The van der Waals surface area contributed by atoms with E-state index >= 15 is 0 Å². The molecule has 92 valence electrons. The number of rotatable bonds is 3. The van der Waals surface area contributed by atoms with Crippen LogP contribution < -0.4 is 0 Å². The second kappa shape index (κ2) is 4.38. The summed E-state index contributed by atoms with van der Waals surface area (Å²) in [7, 11) is 0. The molecule has 0 radical (unpaired) electrons. The Hall–Kier alpha value is -1.54. The third-order valence-corrected chi connectivity index (χ3v) is 4.21. The Bertz CT molecular complexity index is 431. The largest absolute Gasteiger partial charge is 0.361 e. The van der Waals surface area contributed by atoms with Gasteiger partial charge in [-0.05, 0) is 6.42 Å². The van der Waals surface area contributed by atoms with Gasteiger partial charge in [-0.2, -0.15) is 4.79 Å². The zero-order valence-electron chi connectivity index (χ0n) is 10.6. The standard InChI is InChI=1S/C13H18N2O2/c1-9-5-6-10(16)7-13(9,4)12(2,3)11(17)8-15-14/h8H,1,5-7H2,2-4H3. The number of Topliss-reactive ketones (excluding diaryl/α,β-unsaturated/α-hetero) is 2. The van der Waals surface area contributed by atoms with E-state index in [-0.39, 0.29) is 11.6 Å². The molecule has 1 unspecified atom stereocenters. The lowest BCUT2D eigenvalue weighted by molar-refractivity contribution is -0.133. The minimum atomic E-state index is -0.799. The fraction of sp³-hybridized carbons (Fsp3) is 0.615. The number of ketones is 2. The molecule has 0 aromatic carbocycles. The van der Waals surface area contributed by atoms with Gasteiger partial charge in [-0.25, -0.2) is 0 Å². The van der Waals surface area contributed by atoms with Crippen LogP contribution in [0.25, 0.3) is 5.53 Å². The third kappa shape index (κ3) is 2.13. The minimum absolute atomic E-state index is 0.154. The van der Waals surface area contributed by atoms with Gasteiger partial charge in [0, 0.05) is 23.7 Å². The third-order valence-electron chi connectivity index (χ3n) is 4.21. The SMILES string of the molecule is C=C1CCC(=O)CC1(C)C(C)(C)C(=O)C=[N+]=[N-]. The summed E-state index contributed by atoms with van der Waals surface area (Å²) in [6.45, 7) is 9.41. The molecule has 0 spiro atoms. The second-order valence-electron chi connectivity index (χ2n) is 5.38. The maximum atomic E-state index is 12.0. The summed E-state index contributed by atoms with van der Waals surface area (Å²) >= 11 is 0. The van der Waals surface area contributed by atoms with Gasteiger partial charge in [0.2, 0.25) is 5.78 Å². The van der Waals surface area contributed by atoms with Crippen LogP contribution in [0, 0.1) is 10.8 Å². The van der Waals surface area contributed by atoms with E-state index in [1.165, 1.54) is 0 Å². The average molecular weight is 234 g/mol. The predicted octanol–water partition coefficient (Wildman–Crippen LogP) is 2.20. The van der Waals surface area contributed by atoms with Gasteiger partial charge in [-0.15, -0.1) is 0 Å². The van der Waals surface area contributed by atoms with E-state index in [2.05, 4.69) is 11.4 Å². The van der Waals surface area contributed by atoms with E-state index in [0.717, 1.165) is 11.8 Å². The monoisotopic (exact) mass is 234 g/mol. The lowest BCUT2D eigenvalue weighted by Gasteiger charge is -2.45. The summed E-state index contributed by atoms with van der Waals surface area (Å²) in [4.78, 5) is 26.4. The Balaban J connectivity index is 3.18. The van der Waals surface area contributed by atoms with E-state index in [1.54, 1.807) is 13.8 Å². The van der Waals surface area contributed by atoms with Crippen molar-refractivity contribution in [3.8, 4) is 0 Å². The summed E-state index contributed by atoms with van der Waals surface area (Å²) < 4.78 is 0. The van der Waals surface area contributed by atoms with Crippen LogP contribution in [-0.2, 0) is 9.59 Å². The van der Waals surface area contributed by atoms with Gasteiger partial charge < -0.3 is 5.53 Å². The molecule has 1 aliphatic rings. The van der Waals surface area contributed by atoms with Crippen molar-refractivity contribution < 1.29 is 14.4 Å². The van der Waals surface area contributed by atoms with Crippen molar-refractivity contribution in [1.29, 1.82) is 0 Å². The smallest absolute Gasteiger partial charge is 0.323 e. The summed E-state index contributed by atoms with van der Waals surface area (Å²) in [6.07, 6.45) is 2.36. The van der Waals surface area contributed by atoms with E-state index in [9.17, 15) is 9.59 Å². The molecule has 0 aromatic rings. The summed E-state index contributed by atoms with van der Waals surface area (Å²) in [5.41, 5.74) is 8.01. The van der Waals surface area contributed by atoms with Crippen molar-refractivity contribution in [1.82, 2.24) is 0 Å². The highest BCUT2D eigenvalue weighted by molar-refractivity contribution is 6.28. The van der Waals surface area contributed by atoms with Crippen LogP contribution in [0.5, 0.6) is 0 Å². The highest BCUT2D eigenvalue weighted by Gasteiger charge is 2.50. The first-order chi connectivity index (χ1) is 7.75. The van der Waals surface area contributed by atoms with Crippen LogP contribution in [-0.4, -0.2) is 22.6 Å². The second-order valence-corrected chi connectivity index (χ2v) is 5.38. The number of carbonyl (C=O) groups excluding carboxylic acids is 2. The molecule has 0 aliphatic heterocycles. The van der Waals surface area contributed by atoms with E-state index in [4.69, 9.17) is 5.53 Å². The Morgan fingerprint density at radius 1 is 1.53 bits per heavy atom. The zero-order valence-corrected chi connectivity index (χ0v) is 10.6. The minimum Gasteiger partial charge on any atom is -0.361 e. The predicted molar refractivity (Wildman–Crippen MR) is 64.6 cm³/mol. The first-order valence-electron chi connectivity index (χ1n) is 5.67. The first kappa shape index (κ1) is 13.5. The molecule has 1 aliphatic carbocycles. The molecule has 4 nitrogen and oxygen atoms in total. The highest BCUT2D eigenvalue weighted by Crippen LogP contribution is 2.51. The molecule has 1 atom stereocenters. The number of hydrogen-bond donors (Lipinski definition) is 0. The Kier molecular flexibility index (Phi) is 3.48. The Morgan fingerprint density at radius 3 is 2.65 bits per heavy atom. The van der Waals surface area contributed by atoms with Crippen molar-refractivity contribution in [2.75, 3.05) is 0 Å². The van der Waals surface area contributed by atoms with Gasteiger partial charge in [0.05, 0.1) is 0 Å². The number of nitrogens with zero attached hydrogens (tertiary/aromatic N) is 2. The molecule has 0 amide bonds. The van der Waals surface area contributed by atoms with Gasteiger partial charge in [-0.3, -0.25) is 9.59 Å². The van der Waals surface area contributed by atoms with Crippen LogP contribution in [0.1, 0.15) is 40.0 Å². The van der Waals surface area contributed by atoms with Crippen molar-refractivity contribution in [3.05, 3.63) is 17.7 Å². The van der Waals surface area contributed by atoms with Crippen LogP contribution in [0.15, 0.2) is 12.2 Å². The molecule has 0 N–H and O–H groups in total. The number of carbonyl (C=O) groups is 2. The van der Waals surface area contributed by atoms with Gasteiger partial charge in [0.1, 0.15) is 5.78 Å². The molecule has 0 aromatic heterocycles.